The minimum absolute atomic E-state index is 0.221. The number of benzene rings is 1. The highest BCUT2D eigenvalue weighted by Crippen LogP contribution is 2.21. The first-order valence-corrected chi connectivity index (χ1v) is 10.0. The molecule has 0 amide bonds. The van der Waals surface area contributed by atoms with Gasteiger partial charge < -0.3 is 10.4 Å². The fraction of sp³-hybridized carbons (Fsp3) is 0.333. The molecule has 9 nitrogen and oxygen atoms in total. The maximum Gasteiger partial charge on any atom is 0.229 e. The molecule has 4 aromatic rings. The van der Waals surface area contributed by atoms with E-state index in [-0.39, 0.29) is 6.10 Å². The number of hydrogen-bond donors (Lipinski definition) is 2. The van der Waals surface area contributed by atoms with E-state index < -0.39 is 0 Å². The van der Waals surface area contributed by atoms with Gasteiger partial charge in [-0.1, -0.05) is 0 Å². The van der Waals surface area contributed by atoms with Crippen molar-refractivity contribution in [2.45, 2.75) is 26.0 Å². The molecule has 5 rings (SSSR count). The number of aryl methyl sites for hydroxylation is 2. The fourth-order valence-corrected chi connectivity index (χ4v) is 3.87. The van der Waals surface area contributed by atoms with Gasteiger partial charge in [0.05, 0.1) is 23.5 Å². The number of likely N-dealkylation sites (tertiary alicyclic amines) is 1. The summed E-state index contributed by atoms with van der Waals surface area (Å²) in [7, 11) is 1.92. The lowest BCUT2D eigenvalue weighted by Gasteiger charge is -2.13. The van der Waals surface area contributed by atoms with Crippen molar-refractivity contribution in [3.8, 4) is 5.82 Å². The molecule has 1 unspecified atom stereocenters. The van der Waals surface area contributed by atoms with E-state index in [2.05, 4.69) is 30.4 Å². The number of aliphatic hydroxyl groups excluding tert-OH is 1. The highest BCUT2D eigenvalue weighted by molar-refractivity contribution is 5.83. The monoisotopic (exact) mass is 404 g/mol. The number of nitrogens with zero attached hydrogens (tertiary/aromatic N) is 7. The summed E-state index contributed by atoms with van der Waals surface area (Å²) in [6, 6.07) is 7.87. The zero-order chi connectivity index (χ0) is 20.7. The lowest BCUT2D eigenvalue weighted by atomic mass is 10.2. The van der Waals surface area contributed by atoms with Gasteiger partial charge in [-0.15, -0.1) is 0 Å². The molecule has 1 fully saturated rings. The Morgan fingerprint density at radius 3 is 3.00 bits per heavy atom. The standard InChI is InChI=1S/C21H24N8O/c1-14-16(11-28-8-6-18(30)13-28)12-29(26-14)20-5-7-22-21(25-20)24-17-3-4-19-15(9-17)10-23-27(19)2/h3-5,7,9-10,12,18,30H,6,8,11,13H2,1-2H3,(H,22,24,25). The first-order chi connectivity index (χ1) is 14.5. The lowest BCUT2D eigenvalue weighted by Crippen LogP contribution is -2.21. The average Bonchev–Trinajstić information content (AvgIpc) is 3.42. The van der Waals surface area contributed by atoms with Crippen molar-refractivity contribution in [1.82, 2.24) is 34.4 Å². The Kier molecular flexibility index (Phi) is 4.68. The molecule has 1 aliphatic heterocycles. The van der Waals surface area contributed by atoms with Crippen molar-refractivity contribution in [2.75, 3.05) is 18.4 Å². The molecule has 4 heterocycles. The van der Waals surface area contributed by atoms with Crippen LogP contribution < -0.4 is 5.32 Å². The first-order valence-electron chi connectivity index (χ1n) is 10.0. The molecule has 3 aromatic heterocycles. The normalized spacial score (nSPS) is 17.1. The average molecular weight is 404 g/mol. The van der Waals surface area contributed by atoms with Crippen molar-refractivity contribution in [3.63, 3.8) is 0 Å². The van der Waals surface area contributed by atoms with Gasteiger partial charge in [-0.05, 0) is 31.5 Å². The molecule has 1 aromatic carbocycles. The molecule has 1 saturated heterocycles. The molecule has 154 valence electrons. The van der Waals surface area contributed by atoms with Crippen LogP contribution in [-0.4, -0.2) is 58.7 Å². The summed E-state index contributed by atoms with van der Waals surface area (Å²) in [5.41, 5.74) is 4.07. The van der Waals surface area contributed by atoms with Gasteiger partial charge in [0.2, 0.25) is 5.95 Å². The largest absolute Gasteiger partial charge is 0.392 e. The Labute approximate surface area is 174 Å². The van der Waals surface area contributed by atoms with Crippen molar-refractivity contribution in [3.05, 3.63) is 54.1 Å². The Morgan fingerprint density at radius 1 is 1.27 bits per heavy atom. The van der Waals surface area contributed by atoms with Gasteiger partial charge in [-0.3, -0.25) is 9.58 Å². The summed E-state index contributed by atoms with van der Waals surface area (Å²) < 4.78 is 3.63. The van der Waals surface area contributed by atoms with Crippen LogP contribution >= 0.6 is 0 Å². The quantitative estimate of drug-likeness (QED) is 0.526. The number of anilines is 2. The second-order valence-electron chi connectivity index (χ2n) is 7.77. The number of aromatic nitrogens is 6. The molecule has 30 heavy (non-hydrogen) atoms. The van der Waals surface area contributed by atoms with Crippen LogP contribution in [0.25, 0.3) is 16.7 Å². The van der Waals surface area contributed by atoms with Gasteiger partial charge in [0.1, 0.15) is 0 Å². The van der Waals surface area contributed by atoms with Crippen molar-refractivity contribution in [2.24, 2.45) is 7.05 Å². The van der Waals surface area contributed by atoms with E-state index in [4.69, 9.17) is 0 Å². The molecule has 1 atom stereocenters. The van der Waals surface area contributed by atoms with Gasteiger partial charge in [0.15, 0.2) is 5.82 Å². The summed E-state index contributed by atoms with van der Waals surface area (Å²) in [4.78, 5) is 11.2. The van der Waals surface area contributed by atoms with Crippen LogP contribution in [0.3, 0.4) is 0 Å². The van der Waals surface area contributed by atoms with Crippen LogP contribution in [0.15, 0.2) is 42.9 Å². The van der Waals surface area contributed by atoms with E-state index in [9.17, 15) is 5.11 Å². The highest BCUT2D eigenvalue weighted by atomic mass is 16.3. The van der Waals surface area contributed by atoms with Crippen LogP contribution in [0.1, 0.15) is 17.7 Å². The predicted octanol–water partition coefficient (Wildman–Crippen LogP) is 2.17. The number of rotatable bonds is 5. The topological polar surface area (TPSA) is 96.9 Å². The molecular formula is C21H24N8O. The van der Waals surface area contributed by atoms with E-state index in [1.807, 2.05) is 55.3 Å². The van der Waals surface area contributed by atoms with Crippen LogP contribution in [0, 0.1) is 6.92 Å². The number of nitrogens with one attached hydrogen (secondary N) is 1. The van der Waals surface area contributed by atoms with Crippen LogP contribution in [0.4, 0.5) is 11.6 Å². The lowest BCUT2D eigenvalue weighted by molar-refractivity contribution is 0.174. The Bertz CT molecular complexity index is 1200. The van der Waals surface area contributed by atoms with E-state index in [0.717, 1.165) is 47.4 Å². The first kappa shape index (κ1) is 18.7. The summed E-state index contributed by atoms with van der Waals surface area (Å²) >= 11 is 0. The molecule has 0 aliphatic carbocycles. The summed E-state index contributed by atoms with van der Waals surface area (Å²) in [5.74, 6) is 1.21. The predicted molar refractivity (Wildman–Crippen MR) is 114 cm³/mol. The zero-order valence-electron chi connectivity index (χ0n) is 17.0. The maximum absolute atomic E-state index is 9.75. The number of aliphatic hydroxyl groups is 1. The van der Waals surface area contributed by atoms with Crippen molar-refractivity contribution < 1.29 is 5.11 Å². The molecule has 2 N–H and O–H groups in total. The molecule has 1 aliphatic rings. The SMILES string of the molecule is Cc1nn(-c2ccnc(Nc3ccc4c(cnn4C)c3)n2)cc1CN1CCC(O)C1. The smallest absolute Gasteiger partial charge is 0.229 e. The molecule has 0 radical (unpaired) electrons. The van der Waals surface area contributed by atoms with E-state index >= 15 is 0 Å². The molecule has 0 bridgehead atoms. The van der Waals surface area contributed by atoms with Crippen LogP contribution in [-0.2, 0) is 13.6 Å². The van der Waals surface area contributed by atoms with E-state index in [1.54, 1.807) is 10.9 Å². The minimum atomic E-state index is -0.221. The zero-order valence-corrected chi connectivity index (χ0v) is 17.0. The summed E-state index contributed by atoms with van der Waals surface area (Å²) in [6.07, 6.45) is 6.18. The van der Waals surface area contributed by atoms with Gasteiger partial charge in [0, 0.05) is 61.8 Å². The summed E-state index contributed by atoms with van der Waals surface area (Å²) in [6.45, 7) is 4.41. The van der Waals surface area contributed by atoms with E-state index in [0.29, 0.717) is 18.3 Å². The Balaban J connectivity index is 1.36. The van der Waals surface area contributed by atoms with Crippen molar-refractivity contribution >= 4 is 22.5 Å². The third-order valence-corrected chi connectivity index (χ3v) is 5.52. The molecular weight excluding hydrogens is 380 g/mol. The van der Waals surface area contributed by atoms with Gasteiger partial charge in [-0.2, -0.15) is 15.2 Å². The molecule has 0 saturated carbocycles. The molecule has 0 spiro atoms. The van der Waals surface area contributed by atoms with Gasteiger partial charge in [0.25, 0.3) is 0 Å². The van der Waals surface area contributed by atoms with Crippen LogP contribution in [0.5, 0.6) is 0 Å². The third-order valence-electron chi connectivity index (χ3n) is 5.52. The minimum Gasteiger partial charge on any atom is -0.392 e. The summed E-state index contributed by atoms with van der Waals surface area (Å²) in [5, 5.41) is 23.0. The van der Waals surface area contributed by atoms with Gasteiger partial charge >= 0.3 is 0 Å². The van der Waals surface area contributed by atoms with Crippen LogP contribution in [0.2, 0.25) is 0 Å². The highest BCUT2D eigenvalue weighted by Gasteiger charge is 2.21. The second-order valence-corrected chi connectivity index (χ2v) is 7.77. The number of fused-ring (bicyclic) bond motifs is 1. The van der Waals surface area contributed by atoms with E-state index in [1.165, 1.54) is 0 Å². The Morgan fingerprint density at radius 2 is 2.17 bits per heavy atom. The number of hydrogen-bond acceptors (Lipinski definition) is 7. The van der Waals surface area contributed by atoms with Gasteiger partial charge in [-0.25, -0.2) is 9.67 Å². The Hall–Kier alpha value is -3.30. The second kappa shape index (κ2) is 7.51. The number of β-amino-alcohol motifs (C(OH)–C–C–N with tert-alkyl or cyclic N) is 1. The maximum atomic E-state index is 9.75. The third kappa shape index (κ3) is 3.64. The fourth-order valence-electron chi connectivity index (χ4n) is 3.87. The van der Waals surface area contributed by atoms with Crippen molar-refractivity contribution in [1.29, 1.82) is 0 Å². The molecule has 9 heteroatoms.